The van der Waals surface area contributed by atoms with Crippen LogP contribution in [0.4, 0.5) is 5.82 Å². The van der Waals surface area contributed by atoms with Gasteiger partial charge in [0.15, 0.2) is 17.0 Å². The van der Waals surface area contributed by atoms with Gasteiger partial charge in [-0.15, -0.1) is 4.98 Å². The second kappa shape index (κ2) is 11.0. The van der Waals surface area contributed by atoms with E-state index in [1.54, 1.807) is 37.5 Å². The fourth-order valence-electron chi connectivity index (χ4n) is 4.41. The molecular formula is C28H27N5O5. The molecular weight excluding hydrogens is 486 g/mol. The third-order valence-electron chi connectivity index (χ3n) is 6.44. The molecule has 0 unspecified atom stereocenters. The number of nitrogens with zero attached hydrogens (tertiary/aromatic N) is 5. The summed E-state index contributed by atoms with van der Waals surface area (Å²) in [7, 11) is 1.63. The normalized spacial score (nSPS) is 13.8. The number of ether oxygens (including phenoxy) is 2. The SMILES string of the molecule is [C-]#[N+]c1nc(-c2ccnc3cc(-c4ncc(C(=O)N(C)CCO)cc4C)oc23)ccc1OC1CCOCC1. The fraction of sp³-hybridized carbons (Fsp3) is 0.321. The van der Waals surface area contributed by atoms with Crippen molar-refractivity contribution in [3.05, 3.63) is 65.3 Å². The van der Waals surface area contributed by atoms with Gasteiger partial charge in [0, 0.05) is 44.9 Å². The molecule has 10 nitrogen and oxygen atoms in total. The first kappa shape index (κ1) is 25.3. The van der Waals surface area contributed by atoms with Crippen LogP contribution in [0.5, 0.6) is 5.75 Å². The Hall–Kier alpha value is -4.33. The average Bonchev–Trinajstić information content (AvgIpc) is 3.38. The minimum atomic E-state index is -0.222. The maximum Gasteiger partial charge on any atom is 0.312 e. The number of aliphatic hydroxyl groups excluding tert-OH is 1. The zero-order valence-corrected chi connectivity index (χ0v) is 21.2. The molecule has 0 aliphatic carbocycles. The number of amides is 1. The van der Waals surface area contributed by atoms with Gasteiger partial charge in [-0.25, -0.2) is 0 Å². The molecule has 0 bridgehead atoms. The van der Waals surface area contributed by atoms with Crippen LogP contribution in [0.25, 0.3) is 38.7 Å². The highest BCUT2D eigenvalue weighted by molar-refractivity contribution is 5.95. The predicted molar refractivity (Wildman–Crippen MR) is 140 cm³/mol. The quantitative estimate of drug-likeness (QED) is 0.361. The van der Waals surface area contributed by atoms with E-state index in [1.807, 2.05) is 13.0 Å². The van der Waals surface area contributed by atoms with E-state index in [0.717, 1.165) is 18.4 Å². The fourth-order valence-corrected chi connectivity index (χ4v) is 4.41. The lowest BCUT2D eigenvalue weighted by Gasteiger charge is -2.23. The number of hydrogen-bond acceptors (Lipinski definition) is 8. The van der Waals surface area contributed by atoms with Crippen LogP contribution in [0, 0.1) is 13.5 Å². The van der Waals surface area contributed by atoms with E-state index in [2.05, 4.69) is 19.8 Å². The molecule has 4 aromatic rings. The van der Waals surface area contributed by atoms with Gasteiger partial charge in [-0.2, -0.15) is 0 Å². The van der Waals surface area contributed by atoms with Gasteiger partial charge >= 0.3 is 5.82 Å². The minimum Gasteiger partial charge on any atom is -0.499 e. The molecule has 10 heteroatoms. The minimum absolute atomic E-state index is 0.00432. The zero-order chi connectivity index (χ0) is 26.6. The van der Waals surface area contributed by atoms with Crippen molar-refractivity contribution in [1.29, 1.82) is 0 Å². The van der Waals surface area contributed by atoms with E-state index in [4.69, 9.17) is 25.6 Å². The number of fused-ring (bicyclic) bond motifs is 1. The molecule has 1 fully saturated rings. The molecule has 1 aliphatic heterocycles. The summed E-state index contributed by atoms with van der Waals surface area (Å²) in [6.07, 6.45) is 4.73. The first-order valence-corrected chi connectivity index (χ1v) is 12.3. The van der Waals surface area contributed by atoms with Gasteiger partial charge < -0.3 is 28.7 Å². The van der Waals surface area contributed by atoms with Crippen molar-refractivity contribution < 1.29 is 23.8 Å². The summed E-state index contributed by atoms with van der Waals surface area (Å²) in [6.45, 7) is 10.9. The van der Waals surface area contributed by atoms with E-state index in [1.165, 1.54) is 11.1 Å². The third kappa shape index (κ3) is 5.07. The van der Waals surface area contributed by atoms with Crippen LogP contribution in [0.3, 0.4) is 0 Å². The van der Waals surface area contributed by atoms with Crippen molar-refractivity contribution in [2.45, 2.75) is 25.9 Å². The number of aromatic nitrogens is 3. The summed E-state index contributed by atoms with van der Waals surface area (Å²) in [5.74, 6) is 0.931. The molecule has 0 radical (unpaired) electrons. The Balaban J connectivity index is 1.46. The number of hydrogen-bond donors (Lipinski definition) is 1. The molecule has 5 heterocycles. The van der Waals surface area contributed by atoms with Crippen LogP contribution in [0.1, 0.15) is 28.8 Å². The van der Waals surface area contributed by atoms with Gasteiger partial charge in [0.05, 0.1) is 30.9 Å². The molecule has 1 amide bonds. The van der Waals surface area contributed by atoms with Crippen LogP contribution >= 0.6 is 0 Å². The number of rotatable bonds is 7. The van der Waals surface area contributed by atoms with Crippen molar-refractivity contribution in [3.8, 4) is 28.5 Å². The highest BCUT2D eigenvalue weighted by atomic mass is 16.5. The Bertz CT molecular complexity index is 1520. The van der Waals surface area contributed by atoms with Gasteiger partial charge in [-0.05, 0) is 36.8 Å². The first-order chi connectivity index (χ1) is 18.5. The van der Waals surface area contributed by atoms with Crippen LogP contribution in [-0.4, -0.2) is 70.4 Å². The number of likely N-dealkylation sites (N-methyl/N-ethyl adjacent to an activating group) is 1. The van der Waals surface area contributed by atoms with Gasteiger partial charge in [0.1, 0.15) is 23.1 Å². The lowest BCUT2D eigenvalue weighted by atomic mass is 10.1. The molecule has 0 spiro atoms. The van der Waals surface area contributed by atoms with E-state index >= 15 is 0 Å². The predicted octanol–water partition coefficient (Wildman–Crippen LogP) is 4.43. The molecule has 194 valence electrons. The average molecular weight is 514 g/mol. The molecule has 38 heavy (non-hydrogen) atoms. The summed E-state index contributed by atoms with van der Waals surface area (Å²) in [4.78, 5) is 31.1. The Morgan fingerprint density at radius 3 is 2.79 bits per heavy atom. The topological polar surface area (TPSA) is 115 Å². The second-order valence-electron chi connectivity index (χ2n) is 9.08. The number of pyridine rings is 3. The second-order valence-corrected chi connectivity index (χ2v) is 9.08. The van der Waals surface area contributed by atoms with Crippen LogP contribution in [0.2, 0.25) is 0 Å². The van der Waals surface area contributed by atoms with Gasteiger partial charge in [0.25, 0.3) is 5.91 Å². The van der Waals surface area contributed by atoms with Crippen molar-refractivity contribution in [3.63, 3.8) is 0 Å². The Morgan fingerprint density at radius 1 is 1.24 bits per heavy atom. The Kier molecular flexibility index (Phi) is 7.31. The number of aliphatic hydroxyl groups is 1. The number of carbonyl (C=O) groups excluding carboxylic acids is 1. The smallest absolute Gasteiger partial charge is 0.312 e. The summed E-state index contributed by atoms with van der Waals surface area (Å²) in [5.41, 5.74) is 4.18. The first-order valence-electron chi connectivity index (χ1n) is 12.3. The highest BCUT2D eigenvalue weighted by Gasteiger charge is 2.22. The highest BCUT2D eigenvalue weighted by Crippen LogP contribution is 2.36. The monoisotopic (exact) mass is 513 g/mol. The van der Waals surface area contributed by atoms with Gasteiger partial charge in [0.2, 0.25) is 0 Å². The van der Waals surface area contributed by atoms with E-state index < -0.39 is 0 Å². The van der Waals surface area contributed by atoms with Crippen LogP contribution in [0.15, 0.2) is 47.1 Å². The van der Waals surface area contributed by atoms with E-state index in [-0.39, 0.29) is 31.0 Å². The lowest BCUT2D eigenvalue weighted by molar-refractivity contribution is 0.0258. The number of aryl methyl sites for hydroxylation is 1. The number of furan rings is 1. The molecule has 1 N–H and O–H groups in total. The maximum atomic E-state index is 12.6. The van der Waals surface area contributed by atoms with Crippen molar-refractivity contribution in [2.24, 2.45) is 0 Å². The Labute approximate surface area is 219 Å². The standard InChI is InChI=1S/C28H27N5O5/c1-17-14-18(28(35)33(3)10-11-34)16-31-25(17)24-15-22-26(38-24)20(6-9-30-22)21-4-5-23(27(29-2)32-21)37-19-7-12-36-13-8-19/h4-6,9,14-16,19,34H,7-8,10-13H2,1,3H3. The summed E-state index contributed by atoms with van der Waals surface area (Å²) >= 11 is 0. The maximum absolute atomic E-state index is 12.6. The van der Waals surface area contributed by atoms with E-state index in [0.29, 0.717) is 58.3 Å². The largest absolute Gasteiger partial charge is 0.499 e. The molecule has 5 rings (SSSR count). The molecule has 1 aliphatic rings. The molecule has 0 aromatic carbocycles. The van der Waals surface area contributed by atoms with Gasteiger partial charge in [-0.3, -0.25) is 14.8 Å². The van der Waals surface area contributed by atoms with Crippen LogP contribution < -0.4 is 4.74 Å². The summed E-state index contributed by atoms with van der Waals surface area (Å²) in [6, 6.07) is 8.93. The summed E-state index contributed by atoms with van der Waals surface area (Å²) < 4.78 is 17.6. The molecule has 0 saturated carbocycles. The lowest BCUT2D eigenvalue weighted by Crippen LogP contribution is -2.29. The van der Waals surface area contributed by atoms with Crippen molar-refractivity contribution in [1.82, 2.24) is 19.9 Å². The summed E-state index contributed by atoms with van der Waals surface area (Å²) in [5, 5.41) is 9.11. The van der Waals surface area contributed by atoms with Crippen LogP contribution in [-0.2, 0) is 4.74 Å². The third-order valence-corrected chi connectivity index (χ3v) is 6.44. The number of carbonyl (C=O) groups is 1. The zero-order valence-electron chi connectivity index (χ0n) is 21.2. The van der Waals surface area contributed by atoms with Gasteiger partial charge in [-0.1, -0.05) is 6.57 Å². The molecule has 1 saturated heterocycles. The Morgan fingerprint density at radius 2 is 2.05 bits per heavy atom. The van der Waals surface area contributed by atoms with E-state index in [9.17, 15) is 4.79 Å². The molecule has 0 atom stereocenters. The van der Waals surface area contributed by atoms with Crippen molar-refractivity contribution in [2.75, 3.05) is 33.4 Å². The van der Waals surface area contributed by atoms with Crippen molar-refractivity contribution >= 4 is 22.8 Å². The molecule has 4 aromatic heterocycles.